The summed E-state index contributed by atoms with van der Waals surface area (Å²) in [4.78, 5) is 0. The predicted octanol–water partition coefficient (Wildman–Crippen LogP) is 1.48. The Balaban J connectivity index is 2.44. The summed E-state index contributed by atoms with van der Waals surface area (Å²) in [6.07, 6.45) is -0.581. The van der Waals surface area contributed by atoms with E-state index in [1.807, 2.05) is 13.8 Å². The third kappa shape index (κ3) is 4.16. The first-order valence-electron chi connectivity index (χ1n) is 5.41. The van der Waals surface area contributed by atoms with Gasteiger partial charge in [0.25, 0.3) is 0 Å². The van der Waals surface area contributed by atoms with E-state index in [9.17, 15) is 9.50 Å². The van der Waals surface area contributed by atoms with Gasteiger partial charge in [0, 0.05) is 12.6 Å². The van der Waals surface area contributed by atoms with Crippen LogP contribution in [0.3, 0.4) is 0 Å². The van der Waals surface area contributed by atoms with Crippen LogP contribution in [0.4, 0.5) is 4.39 Å². The highest BCUT2D eigenvalue weighted by Gasteiger charge is 2.06. The Morgan fingerprint density at radius 1 is 1.50 bits per heavy atom. The summed E-state index contributed by atoms with van der Waals surface area (Å²) in [6, 6.07) is 4.37. The number of aliphatic hydroxyl groups excluding tert-OH is 1. The van der Waals surface area contributed by atoms with Crippen LogP contribution in [0.5, 0.6) is 5.75 Å². The number of hydrogen-bond donors (Lipinski definition) is 2. The topological polar surface area (TPSA) is 41.5 Å². The second-order valence-electron chi connectivity index (χ2n) is 3.68. The lowest BCUT2D eigenvalue weighted by molar-refractivity contribution is 0.106. The molecule has 2 N–H and O–H groups in total. The standard InChI is InChI=1S/C12H18FNO2/c1-3-14-7-11(15)8-16-12-6-10(13)5-4-9(12)2/h4-6,11,14-15H,3,7-8H2,1-2H3. The monoisotopic (exact) mass is 227 g/mol. The third-order valence-corrected chi connectivity index (χ3v) is 2.21. The van der Waals surface area contributed by atoms with Gasteiger partial charge in [-0.05, 0) is 25.1 Å². The molecule has 0 radical (unpaired) electrons. The number of ether oxygens (including phenoxy) is 1. The van der Waals surface area contributed by atoms with E-state index < -0.39 is 6.10 Å². The normalized spacial score (nSPS) is 12.5. The van der Waals surface area contributed by atoms with Crippen LogP contribution in [0.1, 0.15) is 12.5 Å². The highest BCUT2D eigenvalue weighted by molar-refractivity contribution is 5.32. The van der Waals surface area contributed by atoms with Gasteiger partial charge in [-0.1, -0.05) is 13.0 Å². The molecule has 90 valence electrons. The van der Waals surface area contributed by atoms with E-state index in [4.69, 9.17) is 4.74 Å². The molecule has 0 aliphatic rings. The van der Waals surface area contributed by atoms with Crippen molar-refractivity contribution < 1.29 is 14.2 Å². The second kappa shape index (κ2) is 6.45. The first-order valence-corrected chi connectivity index (χ1v) is 5.41. The van der Waals surface area contributed by atoms with Crippen molar-refractivity contribution in [3.8, 4) is 5.75 Å². The van der Waals surface area contributed by atoms with Crippen molar-refractivity contribution in [2.24, 2.45) is 0 Å². The van der Waals surface area contributed by atoms with E-state index in [0.29, 0.717) is 12.3 Å². The van der Waals surface area contributed by atoms with Gasteiger partial charge in [-0.3, -0.25) is 0 Å². The Labute approximate surface area is 95.2 Å². The van der Waals surface area contributed by atoms with Gasteiger partial charge >= 0.3 is 0 Å². The highest BCUT2D eigenvalue weighted by Crippen LogP contribution is 2.18. The summed E-state index contributed by atoms with van der Waals surface area (Å²) >= 11 is 0. The molecule has 0 bridgehead atoms. The van der Waals surface area contributed by atoms with E-state index in [1.165, 1.54) is 12.1 Å². The van der Waals surface area contributed by atoms with Gasteiger partial charge in [-0.25, -0.2) is 4.39 Å². The van der Waals surface area contributed by atoms with E-state index in [2.05, 4.69) is 5.32 Å². The fourth-order valence-corrected chi connectivity index (χ4v) is 1.29. The van der Waals surface area contributed by atoms with Crippen LogP contribution in [-0.2, 0) is 0 Å². The Morgan fingerprint density at radius 2 is 2.25 bits per heavy atom. The Kier molecular flexibility index (Phi) is 5.22. The van der Waals surface area contributed by atoms with Gasteiger partial charge in [-0.2, -0.15) is 0 Å². The van der Waals surface area contributed by atoms with E-state index in [0.717, 1.165) is 12.1 Å². The molecule has 1 rings (SSSR count). The van der Waals surface area contributed by atoms with Crippen LogP contribution >= 0.6 is 0 Å². The maximum atomic E-state index is 12.9. The molecular formula is C12H18FNO2. The van der Waals surface area contributed by atoms with Crippen LogP contribution in [-0.4, -0.2) is 30.9 Å². The molecule has 3 nitrogen and oxygen atoms in total. The molecule has 16 heavy (non-hydrogen) atoms. The number of nitrogens with one attached hydrogen (secondary N) is 1. The highest BCUT2D eigenvalue weighted by atomic mass is 19.1. The van der Waals surface area contributed by atoms with Crippen molar-refractivity contribution in [3.63, 3.8) is 0 Å². The number of benzene rings is 1. The molecule has 1 aromatic rings. The molecule has 4 heteroatoms. The first kappa shape index (κ1) is 12.9. The number of rotatable bonds is 6. The molecule has 0 amide bonds. The Morgan fingerprint density at radius 3 is 2.94 bits per heavy atom. The smallest absolute Gasteiger partial charge is 0.126 e. The number of aryl methyl sites for hydroxylation is 1. The number of hydrogen-bond acceptors (Lipinski definition) is 3. The number of halogens is 1. The molecule has 1 aromatic carbocycles. The minimum atomic E-state index is -0.581. The van der Waals surface area contributed by atoms with Crippen LogP contribution in [0.15, 0.2) is 18.2 Å². The van der Waals surface area contributed by atoms with Crippen LogP contribution in [0.25, 0.3) is 0 Å². The molecule has 1 unspecified atom stereocenters. The molecule has 0 heterocycles. The molecule has 0 aliphatic heterocycles. The fourth-order valence-electron chi connectivity index (χ4n) is 1.29. The molecule has 0 spiro atoms. The molecule has 0 aliphatic carbocycles. The van der Waals surface area contributed by atoms with Crippen molar-refractivity contribution in [2.75, 3.05) is 19.7 Å². The quantitative estimate of drug-likeness (QED) is 0.773. The first-order chi connectivity index (χ1) is 7.63. The molecule has 0 fully saturated rings. The molecule has 0 aromatic heterocycles. The summed E-state index contributed by atoms with van der Waals surface area (Å²) in [5, 5.41) is 12.5. The van der Waals surface area contributed by atoms with Gasteiger partial charge in [0.05, 0.1) is 0 Å². The summed E-state index contributed by atoms with van der Waals surface area (Å²) in [5.41, 5.74) is 0.858. The average Bonchev–Trinajstić information content (AvgIpc) is 2.27. The number of aliphatic hydroxyl groups is 1. The largest absolute Gasteiger partial charge is 0.490 e. The third-order valence-electron chi connectivity index (χ3n) is 2.21. The zero-order valence-electron chi connectivity index (χ0n) is 9.66. The zero-order valence-corrected chi connectivity index (χ0v) is 9.66. The van der Waals surface area contributed by atoms with E-state index in [1.54, 1.807) is 6.07 Å². The minimum Gasteiger partial charge on any atom is -0.490 e. The van der Waals surface area contributed by atoms with Gasteiger partial charge in [0.2, 0.25) is 0 Å². The van der Waals surface area contributed by atoms with Crippen molar-refractivity contribution in [3.05, 3.63) is 29.6 Å². The summed E-state index contributed by atoms with van der Waals surface area (Å²) in [5.74, 6) is 0.150. The minimum absolute atomic E-state index is 0.164. The van der Waals surface area contributed by atoms with E-state index in [-0.39, 0.29) is 12.4 Å². The van der Waals surface area contributed by atoms with Gasteiger partial charge < -0.3 is 15.2 Å². The molecule has 1 atom stereocenters. The zero-order chi connectivity index (χ0) is 12.0. The molecular weight excluding hydrogens is 209 g/mol. The van der Waals surface area contributed by atoms with Crippen molar-refractivity contribution in [1.29, 1.82) is 0 Å². The van der Waals surface area contributed by atoms with Crippen molar-refractivity contribution in [1.82, 2.24) is 5.32 Å². The molecule has 0 saturated carbocycles. The van der Waals surface area contributed by atoms with E-state index >= 15 is 0 Å². The lowest BCUT2D eigenvalue weighted by Gasteiger charge is -2.14. The fraction of sp³-hybridized carbons (Fsp3) is 0.500. The van der Waals surface area contributed by atoms with Gasteiger partial charge in [0.1, 0.15) is 24.3 Å². The maximum Gasteiger partial charge on any atom is 0.126 e. The van der Waals surface area contributed by atoms with Crippen molar-refractivity contribution in [2.45, 2.75) is 20.0 Å². The Hall–Kier alpha value is -1.13. The van der Waals surface area contributed by atoms with Crippen molar-refractivity contribution >= 4 is 0 Å². The lowest BCUT2D eigenvalue weighted by Crippen LogP contribution is -2.31. The van der Waals surface area contributed by atoms with Crippen LogP contribution in [0, 0.1) is 12.7 Å². The summed E-state index contributed by atoms with van der Waals surface area (Å²) < 4.78 is 18.3. The average molecular weight is 227 g/mol. The second-order valence-corrected chi connectivity index (χ2v) is 3.68. The van der Waals surface area contributed by atoms with Gasteiger partial charge in [0.15, 0.2) is 0 Å². The summed E-state index contributed by atoms with van der Waals surface area (Å²) in [6.45, 7) is 5.24. The lowest BCUT2D eigenvalue weighted by atomic mass is 10.2. The Bertz CT molecular complexity index is 331. The number of likely N-dealkylation sites (N-methyl/N-ethyl adjacent to an activating group) is 1. The SMILES string of the molecule is CCNCC(O)COc1cc(F)ccc1C. The maximum absolute atomic E-state index is 12.9. The molecule has 0 saturated heterocycles. The predicted molar refractivity (Wildman–Crippen MR) is 61.2 cm³/mol. The summed E-state index contributed by atoms with van der Waals surface area (Å²) in [7, 11) is 0. The van der Waals surface area contributed by atoms with Gasteiger partial charge in [-0.15, -0.1) is 0 Å². The van der Waals surface area contributed by atoms with Crippen LogP contribution in [0.2, 0.25) is 0 Å². The van der Waals surface area contributed by atoms with Crippen LogP contribution < -0.4 is 10.1 Å².